The number of benzene rings is 1. The summed E-state index contributed by atoms with van der Waals surface area (Å²) in [5.41, 5.74) is 1.60. The molecule has 1 spiro atoms. The summed E-state index contributed by atoms with van der Waals surface area (Å²) in [6.45, 7) is 2.55. The molecule has 0 aliphatic carbocycles. The van der Waals surface area contributed by atoms with Crippen LogP contribution in [0.25, 0.3) is 10.6 Å². The van der Waals surface area contributed by atoms with Crippen LogP contribution < -0.4 is 14.2 Å². The van der Waals surface area contributed by atoms with Crippen LogP contribution in [0.2, 0.25) is 0 Å². The van der Waals surface area contributed by atoms with E-state index in [1.807, 2.05) is 22.4 Å². The minimum absolute atomic E-state index is 0.0737. The van der Waals surface area contributed by atoms with E-state index in [2.05, 4.69) is 4.98 Å². The van der Waals surface area contributed by atoms with Gasteiger partial charge in [-0.3, -0.25) is 4.79 Å². The van der Waals surface area contributed by atoms with Crippen molar-refractivity contribution in [1.82, 2.24) is 9.88 Å². The van der Waals surface area contributed by atoms with Crippen molar-refractivity contribution < 1.29 is 28.5 Å². The number of likely N-dealkylation sites (tertiary alicyclic amines) is 1. The van der Waals surface area contributed by atoms with Crippen molar-refractivity contribution in [2.75, 3.05) is 47.6 Å². The second kappa shape index (κ2) is 8.79. The van der Waals surface area contributed by atoms with Crippen LogP contribution in [0.1, 0.15) is 18.5 Å². The highest BCUT2D eigenvalue weighted by Crippen LogP contribution is 2.41. The SMILES string of the molecule is COc1cc(-c2nc(CC(=O)N3CCC4(CC3)OCCO4)cs2)cc(OC)c1OC. The van der Waals surface area contributed by atoms with E-state index >= 15 is 0 Å². The van der Waals surface area contributed by atoms with Crippen molar-refractivity contribution in [2.24, 2.45) is 0 Å². The van der Waals surface area contributed by atoms with E-state index in [1.165, 1.54) is 11.3 Å². The first kappa shape index (κ1) is 20.9. The highest BCUT2D eigenvalue weighted by atomic mass is 32.1. The topological polar surface area (TPSA) is 79.4 Å². The first-order chi connectivity index (χ1) is 14.6. The van der Waals surface area contributed by atoms with Crippen LogP contribution in [0.3, 0.4) is 0 Å². The molecule has 2 aromatic rings. The van der Waals surface area contributed by atoms with Gasteiger partial charge in [-0.2, -0.15) is 0 Å². The number of amides is 1. The third kappa shape index (κ3) is 4.10. The van der Waals surface area contributed by atoms with E-state index in [4.69, 9.17) is 23.7 Å². The Balaban J connectivity index is 1.44. The van der Waals surface area contributed by atoms with Gasteiger partial charge in [0.15, 0.2) is 17.3 Å². The Morgan fingerprint density at radius 3 is 2.30 bits per heavy atom. The summed E-state index contributed by atoms with van der Waals surface area (Å²) in [5.74, 6) is 1.27. The smallest absolute Gasteiger partial charge is 0.228 e. The molecule has 2 aliphatic heterocycles. The van der Waals surface area contributed by atoms with Crippen molar-refractivity contribution >= 4 is 17.2 Å². The number of thiazole rings is 1. The van der Waals surface area contributed by atoms with Crippen molar-refractivity contribution in [3.63, 3.8) is 0 Å². The minimum Gasteiger partial charge on any atom is -0.493 e. The maximum absolute atomic E-state index is 12.8. The summed E-state index contributed by atoms with van der Waals surface area (Å²) in [6.07, 6.45) is 1.70. The molecule has 2 aliphatic rings. The summed E-state index contributed by atoms with van der Waals surface area (Å²) >= 11 is 1.48. The summed E-state index contributed by atoms with van der Waals surface area (Å²) in [6, 6.07) is 3.72. The summed E-state index contributed by atoms with van der Waals surface area (Å²) in [5, 5.41) is 2.72. The summed E-state index contributed by atoms with van der Waals surface area (Å²) < 4.78 is 27.7. The fraction of sp³-hybridized carbons (Fsp3) is 0.524. The van der Waals surface area contributed by atoms with E-state index in [9.17, 15) is 4.79 Å². The Morgan fingerprint density at radius 2 is 1.73 bits per heavy atom. The molecule has 0 unspecified atom stereocenters. The van der Waals surface area contributed by atoms with Gasteiger partial charge < -0.3 is 28.6 Å². The van der Waals surface area contributed by atoms with Gasteiger partial charge in [0.05, 0.1) is 46.7 Å². The molecule has 9 heteroatoms. The predicted molar refractivity (Wildman–Crippen MR) is 111 cm³/mol. The zero-order chi connectivity index (χ0) is 21.1. The predicted octanol–water partition coefficient (Wildman–Crippen LogP) is 2.74. The van der Waals surface area contributed by atoms with Gasteiger partial charge in [0.1, 0.15) is 5.01 Å². The lowest BCUT2D eigenvalue weighted by Gasteiger charge is -2.37. The second-order valence-corrected chi connectivity index (χ2v) is 8.08. The van der Waals surface area contributed by atoms with Crippen molar-refractivity contribution in [1.29, 1.82) is 0 Å². The Kier molecular flexibility index (Phi) is 6.12. The second-order valence-electron chi connectivity index (χ2n) is 7.22. The first-order valence-electron chi connectivity index (χ1n) is 9.88. The molecule has 4 rings (SSSR count). The highest BCUT2D eigenvalue weighted by Gasteiger charge is 2.40. The van der Waals surface area contributed by atoms with E-state index in [0.29, 0.717) is 56.4 Å². The first-order valence-corrected chi connectivity index (χ1v) is 10.8. The number of carbonyl (C=O) groups excluding carboxylic acids is 1. The quantitative estimate of drug-likeness (QED) is 0.692. The third-order valence-corrected chi connectivity index (χ3v) is 6.43. The van der Waals surface area contributed by atoms with Gasteiger partial charge in [0.25, 0.3) is 0 Å². The Hall–Kier alpha value is -2.36. The van der Waals surface area contributed by atoms with Gasteiger partial charge in [0, 0.05) is 36.9 Å². The standard InChI is InChI=1S/C21H26N2O6S/c1-25-16-10-14(11-17(26-2)19(16)27-3)20-22-15(13-30-20)12-18(24)23-6-4-21(5-7-23)28-8-9-29-21/h10-11,13H,4-9,12H2,1-3H3. The fourth-order valence-electron chi connectivity index (χ4n) is 3.87. The molecule has 0 bridgehead atoms. The van der Waals surface area contributed by atoms with E-state index in [-0.39, 0.29) is 12.3 Å². The van der Waals surface area contributed by atoms with Gasteiger partial charge in [0.2, 0.25) is 11.7 Å². The van der Waals surface area contributed by atoms with Crippen molar-refractivity contribution in [3.8, 4) is 27.8 Å². The molecule has 2 saturated heterocycles. The number of piperidine rings is 1. The van der Waals surface area contributed by atoms with Crippen LogP contribution in [0, 0.1) is 0 Å². The monoisotopic (exact) mass is 434 g/mol. The molecular formula is C21H26N2O6S. The Bertz CT molecular complexity index is 874. The number of carbonyl (C=O) groups is 1. The lowest BCUT2D eigenvalue weighted by Crippen LogP contribution is -2.47. The van der Waals surface area contributed by atoms with E-state index in [0.717, 1.165) is 16.3 Å². The lowest BCUT2D eigenvalue weighted by atomic mass is 10.0. The molecule has 1 aromatic carbocycles. The van der Waals surface area contributed by atoms with Gasteiger partial charge >= 0.3 is 0 Å². The molecule has 0 radical (unpaired) electrons. The molecule has 2 fully saturated rings. The van der Waals surface area contributed by atoms with Crippen LogP contribution in [-0.2, 0) is 20.7 Å². The van der Waals surface area contributed by atoms with Crippen LogP contribution >= 0.6 is 11.3 Å². The number of hydrogen-bond acceptors (Lipinski definition) is 8. The van der Waals surface area contributed by atoms with Gasteiger partial charge in [-0.15, -0.1) is 11.3 Å². The van der Waals surface area contributed by atoms with Gasteiger partial charge in [-0.05, 0) is 12.1 Å². The highest BCUT2D eigenvalue weighted by molar-refractivity contribution is 7.13. The molecule has 0 saturated carbocycles. The largest absolute Gasteiger partial charge is 0.493 e. The van der Waals surface area contributed by atoms with Crippen molar-refractivity contribution in [3.05, 3.63) is 23.2 Å². The molecule has 1 amide bonds. The van der Waals surface area contributed by atoms with Gasteiger partial charge in [-0.25, -0.2) is 4.98 Å². The maximum Gasteiger partial charge on any atom is 0.228 e. The number of methoxy groups -OCH3 is 3. The normalized spacial score (nSPS) is 17.9. The average Bonchev–Trinajstić information content (AvgIpc) is 3.43. The molecule has 3 heterocycles. The molecule has 0 atom stereocenters. The number of aromatic nitrogens is 1. The molecule has 162 valence electrons. The number of rotatable bonds is 6. The molecule has 30 heavy (non-hydrogen) atoms. The minimum atomic E-state index is -0.475. The number of ether oxygens (including phenoxy) is 5. The fourth-order valence-corrected chi connectivity index (χ4v) is 4.68. The molecular weight excluding hydrogens is 408 g/mol. The Morgan fingerprint density at radius 1 is 1.10 bits per heavy atom. The summed E-state index contributed by atoms with van der Waals surface area (Å²) in [4.78, 5) is 19.3. The zero-order valence-electron chi connectivity index (χ0n) is 17.4. The number of nitrogens with zero attached hydrogens (tertiary/aromatic N) is 2. The van der Waals surface area contributed by atoms with Crippen LogP contribution in [0.5, 0.6) is 17.2 Å². The van der Waals surface area contributed by atoms with Crippen molar-refractivity contribution in [2.45, 2.75) is 25.0 Å². The maximum atomic E-state index is 12.8. The van der Waals surface area contributed by atoms with Crippen LogP contribution in [-0.4, -0.2) is 69.2 Å². The molecule has 0 N–H and O–H groups in total. The summed E-state index contributed by atoms with van der Waals surface area (Å²) in [7, 11) is 4.73. The average molecular weight is 435 g/mol. The van der Waals surface area contributed by atoms with E-state index in [1.54, 1.807) is 21.3 Å². The molecule has 8 nitrogen and oxygen atoms in total. The number of hydrogen-bond donors (Lipinski definition) is 0. The van der Waals surface area contributed by atoms with E-state index < -0.39 is 5.79 Å². The zero-order valence-corrected chi connectivity index (χ0v) is 18.3. The Labute approximate surface area is 179 Å². The van der Waals surface area contributed by atoms with Gasteiger partial charge in [-0.1, -0.05) is 0 Å². The lowest BCUT2D eigenvalue weighted by molar-refractivity contribution is -0.187. The van der Waals surface area contributed by atoms with Crippen LogP contribution in [0.15, 0.2) is 17.5 Å². The van der Waals surface area contributed by atoms with Crippen LogP contribution in [0.4, 0.5) is 0 Å². The molecule has 1 aromatic heterocycles. The third-order valence-electron chi connectivity index (χ3n) is 5.49.